The zero-order chi connectivity index (χ0) is 22.7. The van der Waals surface area contributed by atoms with Gasteiger partial charge in [0.05, 0.1) is 6.67 Å². The molecule has 0 aliphatic carbocycles. The molecular formula is C24H27ClN4O3. The fourth-order valence-corrected chi connectivity index (χ4v) is 4.82. The minimum atomic E-state index is -0.765. The number of carbonyl (C=O) groups excluding carboxylic acids is 3. The maximum Gasteiger partial charge on any atom is 0.253 e. The topological polar surface area (TPSA) is 73.0 Å². The van der Waals surface area contributed by atoms with E-state index in [1.165, 1.54) is 0 Å². The largest absolute Gasteiger partial charge is 0.355 e. The van der Waals surface area contributed by atoms with Crippen molar-refractivity contribution in [1.82, 2.24) is 15.1 Å². The third kappa shape index (κ3) is 4.17. The van der Waals surface area contributed by atoms with Crippen molar-refractivity contribution < 1.29 is 14.4 Å². The Morgan fingerprint density at radius 3 is 2.44 bits per heavy atom. The molecule has 0 bridgehead atoms. The van der Waals surface area contributed by atoms with E-state index in [0.29, 0.717) is 49.7 Å². The average Bonchev–Trinajstić information content (AvgIpc) is 3.06. The summed E-state index contributed by atoms with van der Waals surface area (Å²) in [5.41, 5.74) is 0.719. The summed E-state index contributed by atoms with van der Waals surface area (Å²) in [6.45, 7) is 3.67. The number of carbonyl (C=O) groups is 3. The molecule has 2 saturated heterocycles. The van der Waals surface area contributed by atoms with Gasteiger partial charge in [0.15, 0.2) is 0 Å². The van der Waals surface area contributed by atoms with Crippen LogP contribution in [0.15, 0.2) is 54.6 Å². The lowest BCUT2D eigenvalue weighted by Crippen LogP contribution is -2.57. The van der Waals surface area contributed by atoms with E-state index in [1.807, 2.05) is 37.3 Å². The van der Waals surface area contributed by atoms with Crippen molar-refractivity contribution >= 4 is 35.0 Å². The number of hydrogen-bond donors (Lipinski definition) is 1. The molecule has 8 heteroatoms. The molecule has 2 aromatic carbocycles. The van der Waals surface area contributed by atoms with Gasteiger partial charge in [-0.25, -0.2) is 0 Å². The van der Waals surface area contributed by atoms with Crippen molar-refractivity contribution in [2.75, 3.05) is 37.7 Å². The second kappa shape index (κ2) is 9.20. The number of benzene rings is 2. The predicted octanol–water partition coefficient (Wildman–Crippen LogP) is 2.76. The summed E-state index contributed by atoms with van der Waals surface area (Å²) < 4.78 is 0. The van der Waals surface area contributed by atoms with Gasteiger partial charge in [-0.05, 0) is 50.1 Å². The molecule has 2 heterocycles. The number of nitrogens with zero attached hydrogens (tertiary/aromatic N) is 3. The van der Waals surface area contributed by atoms with E-state index in [-0.39, 0.29) is 24.3 Å². The molecule has 0 radical (unpaired) electrons. The van der Waals surface area contributed by atoms with Crippen LogP contribution in [0.4, 0.5) is 5.69 Å². The molecule has 2 aliphatic rings. The Morgan fingerprint density at radius 1 is 1.06 bits per heavy atom. The summed E-state index contributed by atoms with van der Waals surface area (Å²) >= 11 is 6.05. The molecular weight excluding hydrogens is 428 g/mol. The number of anilines is 1. The number of amides is 3. The highest BCUT2D eigenvalue weighted by Crippen LogP contribution is 2.39. The van der Waals surface area contributed by atoms with Crippen molar-refractivity contribution in [2.45, 2.75) is 25.3 Å². The first-order valence-corrected chi connectivity index (χ1v) is 11.3. The van der Waals surface area contributed by atoms with Gasteiger partial charge in [-0.2, -0.15) is 0 Å². The number of para-hydroxylation sites is 1. The lowest BCUT2D eigenvalue weighted by atomic mass is 9.85. The normalized spacial score (nSPS) is 17.7. The SMILES string of the molecule is CCNC(=O)CN1CN(c2ccccc2)C2(CCN(C(=O)c3cccc(Cl)c3)CC2)C1=O. The standard InChI is InChI=1S/C24H27ClN4O3/c1-2-26-21(30)16-28-17-29(20-9-4-3-5-10-20)24(23(28)32)11-13-27(14-12-24)22(31)18-7-6-8-19(25)15-18/h3-10,15H,2,11-14,16-17H2,1H3,(H,26,30). The van der Waals surface area contributed by atoms with Gasteiger partial charge in [0.25, 0.3) is 11.8 Å². The molecule has 2 aliphatic heterocycles. The maximum atomic E-state index is 13.6. The highest BCUT2D eigenvalue weighted by molar-refractivity contribution is 6.30. The Kier molecular flexibility index (Phi) is 6.37. The molecule has 1 spiro atoms. The van der Waals surface area contributed by atoms with Crippen molar-refractivity contribution in [3.8, 4) is 0 Å². The van der Waals surface area contributed by atoms with E-state index in [2.05, 4.69) is 10.2 Å². The molecule has 0 aromatic heterocycles. The van der Waals surface area contributed by atoms with Crippen LogP contribution in [0.5, 0.6) is 0 Å². The van der Waals surface area contributed by atoms with Gasteiger partial charge in [0.1, 0.15) is 12.1 Å². The molecule has 2 fully saturated rings. The van der Waals surface area contributed by atoms with E-state index in [0.717, 1.165) is 5.69 Å². The smallest absolute Gasteiger partial charge is 0.253 e. The third-order valence-corrected chi connectivity index (χ3v) is 6.47. The van der Waals surface area contributed by atoms with Gasteiger partial charge < -0.3 is 20.0 Å². The summed E-state index contributed by atoms with van der Waals surface area (Å²) in [6.07, 6.45) is 0.998. The number of rotatable bonds is 5. The predicted molar refractivity (Wildman–Crippen MR) is 124 cm³/mol. The van der Waals surface area contributed by atoms with Gasteiger partial charge in [0, 0.05) is 35.9 Å². The molecule has 0 atom stereocenters. The molecule has 168 valence electrons. The van der Waals surface area contributed by atoms with Gasteiger partial charge >= 0.3 is 0 Å². The first-order valence-electron chi connectivity index (χ1n) is 10.9. The third-order valence-electron chi connectivity index (χ3n) is 6.24. The minimum absolute atomic E-state index is 0.0307. The molecule has 0 saturated carbocycles. The minimum Gasteiger partial charge on any atom is -0.355 e. The Morgan fingerprint density at radius 2 is 1.78 bits per heavy atom. The second-order valence-electron chi connectivity index (χ2n) is 8.20. The van der Waals surface area contributed by atoms with E-state index >= 15 is 0 Å². The molecule has 32 heavy (non-hydrogen) atoms. The van der Waals surface area contributed by atoms with E-state index < -0.39 is 5.54 Å². The van der Waals surface area contributed by atoms with Crippen molar-refractivity contribution in [3.05, 3.63) is 65.2 Å². The first kappa shape index (κ1) is 22.1. The zero-order valence-electron chi connectivity index (χ0n) is 18.1. The molecule has 4 rings (SSSR count). The maximum absolute atomic E-state index is 13.6. The number of halogens is 1. The van der Waals surface area contributed by atoms with Crippen LogP contribution >= 0.6 is 11.6 Å². The quantitative estimate of drug-likeness (QED) is 0.754. The number of likely N-dealkylation sites (tertiary alicyclic amines) is 1. The van der Waals surface area contributed by atoms with Gasteiger partial charge in [-0.3, -0.25) is 14.4 Å². The monoisotopic (exact) mass is 454 g/mol. The van der Waals surface area contributed by atoms with Crippen LogP contribution in [0, 0.1) is 0 Å². The van der Waals surface area contributed by atoms with Gasteiger partial charge in [0.2, 0.25) is 5.91 Å². The van der Waals surface area contributed by atoms with Crippen LogP contribution in [0.1, 0.15) is 30.1 Å². The highest BCUT2D eigenvalue weighted by atomic mass is 35.5. The Labute approximate surface area is 192 Å². The first-order chi connectivity index (χ1) is 15.4. The van der Waals surface area contributed by atoms with Crippen molar-refractivity contribution in [2.24, 2.45) is 0 Å². The fraction of sp³-hybridized carbons (Fsp3) is 0.375. The number of nitrogens with one attached hydrogen (secondary N) is 1. The van der Waals surface area contributed by atoms with Crippen LogP contribution in [0.25, 0.3) is 0 Å². The van der Waals surface area contributed by atoms with E-state index in [1.54, 1.807) is 34.1 Å². The van der Waals surface area contributed by atoms with Crippen LogP contribution in [0.3, 0.4) is 0 Å². The van der Waals surface area contributed by atoms with E-state index in [9.17, 15) is 14.4 Å². The van der Waals surface area contributed by atoms with E-state index in [4.69, 9.17) is 11.6 Å². The summed E-state index contributed by atoms with van der Waals surface area (Å²) in [5.74, 6) is -0.305. The summed E-state index contributed by atoms with van der Waals surface area (Å²) in [6, 6.07) is 16.7. The summed E-state index contributed by atoms with van der Waals surface area (Å²) in [4.78, 5) is 44.2. The van der Waals surface area contributed by atoms with Crippen LogP contribution in [0.2, 0.25) is 5.02 Å². The molecule has 1 N–H and O–H groups in total. The lowest BCUT2D eigenvalue weighted by molar-refractivity contribution is -0.137. The van der Waals surface area contributed by atoms with Gasteiger partial charge in [-0.1, -0.05) is 35.9 Å². The van der Waals surface area contributed by atoms with Crippen LogP contribution < -0.4 is 10.2 Å². The van der Waals surface area contributed by atoms with Crippen molar-refractivity contribution in [1.29, 1.82) is 0 Å². The number of likely N-dealkylation sites (N-methyl/N-ethyl adjacent to an activating group) is 1. The highest BCUT2D eigenvalue weighted by Gasteiger charge is 2.54. The zero-order valence-corrected chi connectivity index (χ0v) is 18.8. The Balaban J connectivity index is 1.56. The number of hydrogen-bond acceptors (Lipinski definition) is 4. The molecule has 7 nitrogen and oxygen atoms in total. The average molecular weight is 455 g/mol. The lowest BCUT2D eigenvalue weighted by Gasteiger charge is -2.43. The molecule has 2 aromatic rings. The number of piperidine rings is 1. The Hall–Kier alpha value is -3.06. The Bertz CT molecular complexity index is 1010. The van der Waals surface area contributed by atoms with Crippen molar-refractivity contribution in [3.63, 3.8) is 0 Å². The second-order valence-corrected chi connectivity index (χ2v) is 8.63. The molecule has 3 amide bonds. The summed E-state index contributed by atoms with van der Waals surface area (Å²) in [5, 5.41) is 3.29. The van der Waals surface area contributed by atoms with Crippen LogP contribution in [-0.4, -0.2) is 65.9 Å². The molecule has 0 unspecified atom stereocenters. The fourth-order valence-electron chi connectivity index (χ4n) is 4.63. The van der Waals surface area contributed by atoms with Gasteiger partial charge in [-0.15, -0.1) is 0 Å². The summed E-state index contributed by atoms with van der Waals surface area (Å²) in [7, 11) is 0. The van der Waals surface area contributed by atoms with Crippen LogP contribution in [-0.2, 0) is 9.59 Å².